The lowest BCUT2D eigenvalue weighted by atomic mass is 9.71. The standard InChI is InChI=1S/C27H29NO6/c1-16-24(27(31)34-11-10-32-2)25(18-7-4-8-20(29)12-18)26-22(28-16)14-19(15-23(26)30)17-6-5-9-21(13-17)33-3/h4-9,12-13,19,25,28-29H,10-11,14-15H2,1-3H3. The highest BCUT2D eigenvalue weighted by Crippen LogP contribution is 2.46. The van der Waals surface area contributed by atoms with Crippen LogP contribution in [0.5, 0.6) is 11.5 Å². The fourth-order valence-electron chi connectivity index (χ4n) is 4.77. The zero-order valence-corrected chi connectivity index (χ0v) is 19.6. The van der Waals surface area contributed by atoms with Crippen molar-refractivity contribution in [1.82, 2.24) is 5.32 Å². The normalized spacial score (nSPS) is 20.0. The summed E-state index contributed by atoms with van der Waals surface area (Å²) >= 11 is 0. The topological polar surface area (TPSA) is 94.1 Å². The summed E-state index contributed by atoms with van der Waals surface area (Å²) in [7, 11) is 3.16. The Labute approximate surface area is 199 Å². The van der Waals surface area contributed by atoms with E-state index in [2.05, 4.69) is 5.32 Å². The van der Waals surface area contributed by atoms with Gasteiger partial charge in [0, 0.05) is 36.4 Å². The smallest absolute Gasteiger partial charge is 0.336 e. The van der Waals surface area contributed by atoms with Gasteiger partial charge in [-0.15, -0.1) is 0 Å². The van der Waals surface area contributed by atoms with Gasteiger partial charge in [0.1, 0.15) is 18.1 Å². The van der Waals surface area contributed by atoms with Crippen LogP contribution in [0.3, 0.4) is 0 Å². The summed E-state index contributed by atoms with van der Waals surface area (Å²) in [6.07, 6.45) is 0.931. The van der Waals surface area contributed by atoms with Gasteiger partial charge >= 0.3 is 5.97 Å². The van der Waals surface area contributed by atoms with Crippen LogP contribution in [0.4, 0.5) is 0 Å². The highest BCUT2D eigenvalue weighted by molar-refractivity contribution is 6.04. The maximum atomic E-state index is 13.6. The number of rotatable bonds is 7. The largest absolute Gasteiger partial charge is 0.508 e. The molecule has 0 radical (unpaired) electrons. The minimum Gasteiger partial charge on any atom is -0.508 e. The Morgan fingerprint density at radius 1 is 1.06 bits per heavy atom. The number of carbonyl (C=O) groups is 2. The molecule has 0 fully saturated rings. The van der Waals surface area contributed by atoms with Gasteiger partial charge in [-0.05, 0) is 54.7 Å². The number of aromatic hydroxyl groups is 1. The number of ether oxygens (including phenoxy) is 3. The van der Waals surface area contributed by atoms with Gasteiger partial charge in [0.2, 0.25) is 0 Å². The quantitative estimate of drug-likeness (QED) is 0.474. The summed E-state index contributed by atoms with van der Waals surface area (Å²) in [6.45, 7) is 2.19. The summed E-state index contributed by atoms with van der Waals surface area (Å²) in [5, 5.41) is 13.5. The Morgan fingerprint density at radius 2 is 1.82 bits per heavy atom. The van der Waals surface area contributed by atoms with Crippen molar-refractivity contribution in [1.29, 1.82) is 0 Å². The van der Waals surface area contributed by atoms with E-state index in [4.69, 9.17) is 14.2 Å². The summed E-state index contributed by atoms with van der Waals surface area (Å²) in [4.78, 5) is 26.7. The van der Waals surface area contributed by atoms with E-state index in [1.165, 1.54) is 7.11 Å². The van der Waals surface area contributed by atoms with Crippen LogP contribution in [0.15, 0.2) is 71.1 Å². The third kappa shape index (κ3) is 4.70. The SMILES string of the molecule is COCCOC(=O)C1=C(C)NC2=C(C(=O)CC(c3cccc(OC)c3)C2)C1c1cccc(O)c1. The van der Waals surface area contributed by atoms with Crippen molar-refractivity contribution in [3.05, 3.63) is 82.2 Å². The lowest BCUT2D eigenvalue weighted by Gasteiger charge is -2.36. The van der Waals surface area contributed by atoms with Gasteiger partial charge in [-0.1, -0.05) is 24.3 Å². The summed E-state index contributed by atoms with van der Waals surface area (Å²) in [5.74, 6) is -0.371. The lowest BCUT2D eigenvalue weighted by molar-refractivity contribution is -0.140. The van der Waals surface area contributed by atoms with E-state index in [1.807, 2.05) is 37.3 Å². The highest BCUT2D eigenvalue weighted by atomic mass is 16.6. The first-order valence-electron chi connectivity index (χ1n) is 11.3. The van der Waals surface area contributed by atoms with Crippen molar-refractivity contribution in [3.8, 4) is 11.5 Å². The van der Waals surface area contributed by atoms with Gasteiger partial charge < -0.3 is 24.6 Å². The molecule has 178 valence electrons. The monoisotopic (exact) mass is 463 g/mol. The predicted octanol–water partition coefficient (Wildman–Crippen LogP) is 3.95. The fraction of sp³-hybridized carbons (Fsp3) is 0.333. The van der Waals surface area contributed by atoms with Crippen LogP contribution >= 0.6 is 0 Å². The number of phenols is 1. The van der Waals surface area contributed by atoms with Gasteiger partial charge in [-0.3, -0.25) is 4.79 Å². The van der Waals surface area contributed by atoms with Crippen molar-refractivity contribution in [2.45, 2.75) is 31.6 Å². The Bertz CT molecular complexity index is 1170. The molecule has 4 rings (SSSR count). The molecule has 1 heterocycles. The Hall–Kier alpha value is -3.58. The van der Waals surface area contributed by atoms with Crippen molar-refractivity contribution in [2.24, 2.45) is 0 Å². The predicted molar refractivity (Wildman–Crippen MR) is 127 cm³/mol. The first-order chi connectivity index (χ1) is 16.4. The van der Waals surface area contributed by atoms with E-state index >= 15 is 0 Å². The van der Waals surface area contributed by atoms with Crippen molar-refractivity contribution in [2.75, 3.05) is 27.4 Å². The maximum Gasteiger partial charge on any atom is 0.336 e. The van der Waals surface area contributed by atoms with Crippen molar-refractivity contribution in [3.63, 3.8) is 0 Å². The highest BCUT2D eigenvalue weighted by Gasteiger charge is 2.41. The lowest BCUT2D eigenvalue weighted by Crippen LogP contribution is -2.36. The molecule has 0 saturated carbocycles. The number of esters is 1. The van der Waals surface area contributed by atoms with Gasteiger partial charge in [0.05, 0.1) is 19.3 Å². The molecule has 2 N–H and O–H groups in total. The average molecular weight is 464 g/mol. The van der Waals surface area contributed by atoms with E-state index in [1.54, 1.807) is 25.3 Å². The number of carbonyl (C=O) groups excluding carboxylic acids is 2. The minimum atomic E-state index is -0.628. The molecule has 0 amide bonds. The van der Waals surface area contributed by atoms with Gasteiger partial charge in [-0.2, -0.15) is 0 Å². The zero-order valence-electron chi connectivity index (χ0n) is 19.6. The second kappa shape index (κ2) is 10.1. The van der Waals surface area contributed by atoms with E-state index in [9.17, 15) is 14.7 Å². The van der Waals surface area contributed by atoms with Gasteiger partial charge in [0.15, 0.2) is 5.78 Å². The number of nitrogens with one attached hydrogen (secondary N) is 1. The molecule has 0 spiro atoms. The van der Waals surface area contributed by atoms with Crippen molar-refractivity contribution >= 4 is 11.8 Å². The Morgan fingerprint density at radius 3 is 2.56 bits per heavy atom. The van der Waals surface area contributed by atoms with E-state index in [-0.39, 0.29) is 30.7 Å². The number of Topliss-reactive ketones (excluding diaryl/α,β-unsaturated/α-hetero) is 1. The molecule has 2 aliphatic rings. The van der Waals surface area contributed by atoms with Crippen molar-refractivity contribution < 1.29 is 28.9 Å². The molecule has 0 bridgehead atoms. The molecule has 2 aromatic rings. The number of ketones is 1. The van der Waals surface area contributed by atoms with Crippen LogP contribution in [-0.2, 0) is 19.1 Å². The van der Waals surface area contributed by atoms with E-state index < -0.39 is 11.9 Å². The van der Waals surface area contributed by atoms with E-state index in [0.29, 0.717) is 35.2 Å². The van der Waals surface area contributed by atoms with Crippen LogP contribution in [0.2, 0.25) is 0 Å². The molecule has 1 aliphatic carbocycles. The summed E-state index contributed by atoms with van der Waals surface area (Å²) in [5.41, 5.74) is 4.04. The number of dihydropyridines is 1. The molecule has 2 unspecified atom stereocenters. The first kappa shape index (κ1) is 23.6. The molecule has 34 heavy (non-hydrogen) atoms. The number of phenolic OH excluding ortho intramolecular Hbond substituents is 1. The molecule has 7 heteroatoms. The van der Waals surface area contributed by atoms with E-state index in [0.717, 1.165) is 17.0 Å². The van der Waals surface area contributed by atoms with Crippen LogP contribution in [-0.4, -0.2) is 44.3 Å². The van der Waals surface area contributed by atoms with Crippen LogP contribution < -0.4 is 10.1 Å². The fourth-order valence-corrected chi connectivity index (χ4v) is 4.77. The third-order valence-electron chi connectivity index (χ3n) is 6.34. The van der Waals surface area contributed by atoms with Crippen LogP contribution in [0, 0.1) is 0 Å². The van der Waals surface area contributed by atoms with Gasteiger partial charge in [-0.25, -0.2) is 4.79 Å². The third-order valence-corrected chi connectivity index (χ3v) is 6.34. The van der Waals surface area contributed by atoms with Crippen LogP contribution in [0.1, 0.15) is 42.7 Å². The number of benzene rings is 2. The number of hydrogen-bond donors (Lipinski definition) is 2. The molecule has 2 atom stereocenters. The minimum absolute atomic E-state index is 0.0123. The maximum absolute atomic E-state index is 13.6. The second-order valence-corrected chi connectivity index (χ2v) is 8.52. The molecule has 1 aliphatic heterocycles. The first-order valence-corrected chi connectivity index (χ1v) is 11.3. The Kier molecular flexibility index (Phi) is 7.03. The molecule has 2 aromatic carbocycles. The van der Waals surface area contributed by atoms with Crippen LogP contribution in [0.25, 0.3) is 0 Å². The Balaban J connectivity index is 1.74. The average Bonchev–Trinajstić information content (AvgIpc) is 2.83. The zero-order chi connectivity index (χ0) is 24.2. The molecule has 0 aromatic heterocycles. The summed E-state index contributed by atoms with van der Waals surface area (Å²) in [6, 6.07) is 14.4. The molecular formula is C27H29NO6. The number of methoxy groups -OCH3 is 2. The second-order valence-electron chi connectivity index (χ2n) is 8.52. The molecular weight excluding hydrogens is 434 g/mol. The summed E-state index contributed by atoms with van der Waals surface area (Å²) < 4.78 is 15.8. The molecule has 0 saturated heterocycles. The number of allylic oxidation sites excluding steroid dienone is 3. The number of hydrogen-bond acceptors (Lipinski definition) is 7. The van der Waals surface area contributed by atoms with Gasteiger partial charge in [0.25, 0.3) is 0 Å². The molecule has 7 nitrogen and oxygen atoms in total.